The van der Waals surface area contributed by atoms with Gasteiger partial charge >= 0.3 is 5.69 Å². The summed E-state index contributed by atoms with van der Waals surface area (Å²) in [5, 5.41) is 13.6. The molecule has 1 N–H and O–H groups in total. The van der Waals surface area contributed by atoms with Crippen molar-refractivity contribution in [2.75, 3.05) is 12.0 Å². The minimum absolute atomic E-state index is 0.00602. The minimum atomic E-state index is -0.635. The number of hydrogen-bond acceptors (Lipinski definition) is 4. The first-order valence-electron chi connectivity index (χ1n) is 5.70. The van der Waals surface area contributed by atoms with Crippen LogP contribution in [-0.4, -0.2) is 28.9 Å². The molecule has 0 aromatic heterocycles. The molecule has 1 unspecified atom stereocenters. The average molecular weight is 303 g/mol. The highest BCUT2D eigenvalue weighted by Crippen LogP contribution is 2.28. The molecule has 0 saturated carbocycles. The normalized spacial score (nSPS) is 11.9. The number of nitrogens with zero attached hydrogens (tertiary/aromatic N) is 1. The molecule has 1 atom stereocenters. The van der Waals surface area contributed by atoms with Crippen LogP contribution >= 0.6 is 23.4 Å². The number of rotatable bonds is 6. The molecule has 0 aliphatic heterocycles. The molecule has 104 valence electrons. The fourth-order valence-corrected chi connectivity index (χ4v) is 2.39. The summed E-state index contributed by atoms with van der Waals surface area (Å²) in [6.07, 6.45) is 2.79. The van der Waals surface area contributed by atoms with Crippen LogP contribution in [0.15, 0.2) is 18.2 Å². The third-order valence-electron chi connectivity index (χ3n) is 2.55. The van der Waals surface area contributed by atoms with Gasteiger partial charge in [0.05, 0.1) is 4.92 Å². The van der Waals surface area contributed by atoms with Gasteiger partial charge in [-0.2, -0.15) is 11.8 Å². The van der Waals surface area contributed by atoms with E-state index in [1.54, 1.807) is 11.8 Å². The van der Waals surface area contributed by atoms with Gasteiger partial charge in [0.25, 0.3) is 5.91 Å². The zero-order valence-corrected chi connectivity index (χ0v) is 12.3. The molecule has 0 aliphatic carbocycles. The van der Waals surface area contributed by atoms with Gasteiger partial charge in [0.2, 0.25) is 0 Å². The summed E-state index contributed by atoms with van der Waals surface area (Å²) >= 11 is 7.45. The van der Waals surface area contributed by atoms with E-state index in [4.69, 9.17) is 11.6 Å². The number of amides is 1. The van der Waals surface area contributed by atoms with Crippen LogP contribution in [0, 0.1) is 10.1 Å². The highest BCUT2D eigenvalue weighted by atomic mass is 35.5. The lowest BCUT2D eigenvalue weighted by Crippen LogP contribution is -2.33. The van der Waals surface area contributed by atoms with Gasteiger partial charge in [-0.25, -0.2) is 0 Å². The van der Waals surface area contributed by atoms with Gasteiger partial charge < -0.3 is 5.32 Å². The first kappa shape index (κ1) is 15.8. The maximum atomic E-state index is 12.0. The molecule has 0 bridgehead atoms. The van der Waals surface area contributed by atoms with Crippen LogP contribution in [-0.2, 0) is 0 Å². The molecule has 0 spiro atoms. The SMILES string of the molecule is CSCCC(C)NC(=O)c1cccc(Cl)c1[N+](=O)[O-]. The zero-order chi connectivity index (χ0) is 14.4. The van der Waals surface area contributed by atoms with Crippen molar-refractivity contribution in [3.8, 4) is 0 Å². The fraction of sp³-hybridized carbons (Fsp3) is 0.417. The van der Waals surface area contributed by atoms with Crippen LogP contribution in [0.1, 0.15) is 23.7 Å². The third kappa shape index (κ3) is 4.40. The van der Waals surface area contributed by atoms with Gasteiger partial charge in [0, 0.05) is 6.04 Å². The van der Waals surface area contributed by atoms with Crippen LogP contribution in [0.3, 0.4) is 0 Å². The molecule has 0 radical (unpaired) electrons. The molecule has 1 aromatic rings. The maximum Gasteiger partial charge on any atom is 0.300 e. The van der Waals surface area contributed by atoms with Gasteiger partial charge in [-0.3, -0.25) is 14.9 Å². The van der Waals surface area contributed by atoms with Crippen LogP contribution in [0.4, 0.5) is 5.69 Å². The number of nitro benzene ring substituents is 1. The van der Waals surface area contributed by atoms with Crippen LogP contribution in [0.5, 0.6) is 0 Å². The van der Waals surface area contributed by atoms with E-state index in [-0.39, 0.29) is 22.3 Å². The summed E-state index contributed by atoms with van der Waals surface area (Å²) in [6, 6.07) is 4.28. The summed E-state index contributed by atoms with van der Waals surface area (Å²) in [5.41, 5.74) is -0.354. The van der Waals surface area contributed by atoms with Crippen molar-refractivity contribution in [2.24, 2.45) is 0 Å². The monoisotopic (exact) mass is 302 g/mol. The molecule has 1 rings (SSSR count). The molecular formula is C12H15ClN2O3S. The van der Waals surface area contributed by atoms with Crippen LogP contribution in [0.25, 0.3) is 0 Å². The fourth-order valence-electron chi connectivity index (χ4n) is 1.55. The van der Waals surface area contributed by atoms with Gasteiger partial charge in [0.15, 0.2) is 0 Å². The molecule has 0 fully saturated rings. The van der Waals surface area contributed by atoms with Gasteiger partial charge in [-0.15, -0.1) is 0 Å². The molecule has 19 heavy (non-hydrogen) atoms. The van der Waals surface area contributed by atoms with Crippen molar-refractivity contribution in [1.29, 1.82) is 0 Å². The van der Waals surface area contributed by atoms with Crippen molar-refractivity contribution in [3.05, 3.63) is 38.9 Å². The number of hydrogen-bond donors (Lipinski definition) is 1. The molecule has 1 aromatic carbocycles. The summed E-state index contributed by atoms with van der Waals surface area (Å²) in [5.74, 6) is 0.446. The summed E-state index contributed by atoms with van der Waals surface area (Å²) in [7, 11) is 0. The highest BCUT2D eigenvalue weighted by molar-refractivity contribution is 7.98. The van der Waals surface area contributed by atoms with E-state index in [2.05, 4.69) is 5.32 Å². The second-order valence-electron chi connectivity index (χ2n) is 4.05. The Labute approximate surface area is 120 Å². The average Bonchev–Trinajstić information content (AvgIpc) is 2.35. The topological polar surface area (TPSA) is 72.2 Å². The van der Waals surface area contributed by atoms with E-state index in [0.717, 1.165) is 12.2 Å². The van der Waals surface area contributed by atoms with E-state index < -0.39 is 10.8 Å². The molecule has 1 amide bonds. The molecule has 0 heterocycles. The predicted octanol–water partition coefficient (Wildman–Crippen LogP) is 3.12. The van der Waals surface area contributed by atoms with Gasteiger partial charge in [0.1, 0.15) is 10.6 Å². The molecule has 7 heteroatoms. The smallest absolute Gasteiger partial charge is 0.300 e. The van der Waals surface area contributed by atoms with Crippen molar-refractivity contribution < 1.29 is 9.72 Å². The Morgan fingerprint density at radius 2 is 2.26 bits per heavy atom. The number of nitrogens with one attached hydrogen (secondary N) is 1. The summed E-state index contributed by atoms with van der Waals surface area (Å²) < 4.78 is 0. The Balaban J connectivity index is 2.88. The molecule has 0 saturated heterocycles. The number of nitro groups is 1. The van der Waals surface area contributed by atoms with Crippen molar-refractivity contribution in [1.82, 2.24) is 5.32 Å². The van der Waals surface area contributed by atoms with Crippen molar-refractivity contribution >= 4 is 35.0 Å². The first-order chi connectivity index (χ1) is 8.97. The Hall–Kier alpha value is -1.27. The Morgan fingerprint density at radius 1 is 1.58 bits per heavy atom. The largest absolute Gasteiger partial charge is 0.349 e. The summed E-state index contributed by atoms with van der Waals surface area (Å²) in [4.78, 5) is 22.3. The second-order valence-corrected chi connectivity index (χ2v) is 5.44. The molecular weight excluding hydrogens is 288 g/mol. The number of para-hydroxylation sites is 1. The van der Waals surface area contributed by atoms with E-state index >= 15 is 0 Å². The lowest BCUT2D eigenvalue weighted by Gasteiger charge is -2.13. The Bertz CT molecular complexity index is 482. The minimum Gasteiger partial charge on any atom is -0.349 e. The number of benzene rings is 1. The molecule has 0 aliphatic rings. The number of thioether (sulfide) groups is 1. The van der Waals surface area contributed by atoms with Crippen LogP contribution in [0.2, 0.25) is 5.02 Å². The van der Waals surface area contributed by atoms with Crippen molar-refractivity contribution in [3.63, 3.8) is 0 Å². The lowest BCUT2D eigenvalue weighted by atomic mass is 10.1. The Morgan fingerprint density at radius 3 is 2.84 bits per heavy atom. The first-order valence-corrected chi connectivity index (χ1v) is 7.47. The number of halogens is 1. The Kier molecular flexibility index (Phi) is 6.11. The standard InChI is InChI=1S/C12H15ClN2O3S/c1-8(6-7-19-2)14-12(16)9-4-3-5-10(13)11(9)15(17)18/h3-5,8H,6-7H2,1-2H3,(H,14,16). The number of carbonyl (C=O) groups excluding carboxylic acids is 1. The van der Waals surface area contributed by atoms with E-state index in [1.807, 2.05) is 13.2 Å². The van der Waals surface area contributed by atoms with E-state index in [9.17, 15) is 14.9 Å². The van der Waals surface area contributed by atoms with E-state index in [1.165, 1.54) is 18.2 Å². The summed E-state index contributed by atoms with van der Waals surface area (Å²) in [6.45, 7) is 1.87. The maximum absolute atomic E-state index is 12.0. The van der Waals surface area contributed by atoms with Crippen molar-refractivity contribution in [2.45, 2.75) is 19.4 Å². The molecule has 5 nitrogen and oxygen atoms in total. The number of carbonyl (C=O) groups is 1. The zero-order valence-electron chi connectivity index (χ0n) is 10.7. The van der Waals surface area contributed by atoms with Gasteiger partial charge in [-0.05, 0) is 37.5 Å². The predicted molar refractivity (Wildman–Crippen MR) is 78.0 cm³/mol. The third-order valence-corrected chi connectivity index (χ3v) is 3.50. The lowest BCUT2D eigenvalue weighted by molar-refractivity contribution is -0.385. The highest BCUT2D eigenvalue weighted by Gasteiger charge is 2.24. The van der Waals surface area contributed by atoms with E-state index in [0.29, 0.717) is 0 Å². The van der Waals surface area contributed by atoms with Gasteiger partial charge in [-0.1, -0.05) is 17.7 Å². The second kappa shape index (κ2) is 7.35. The quantitative estimate of drug-likeness (QED) is 0.647. The van der Waals surface area contributed by atoms with Crippen LogP contribution < -0.4 is 5.32 Å².